The lowest BCUT2D eigenvalue weighted by Crippen LogP contribution is -2.07. The maximum atomic E-state index is 12.6. The second-order valence-electron chi connectivity index (χ2n) is 5.04. The second-order valence-corrected chi connectivity index (χ2v) is 5.04. The van der Waals surface area contributed by atoms with Crippen LogP contribution >= 0.6 is 0 Å². The van der Waals surface area contributed by atoms with E-state index in [0.29, 0.717) is 16.9 Å². The third-order valence-electron chi connectivity index (χ3n) is 3.45. The summed E-state index contributed by atoms with van der Waals surface area (Å²) in [6.45, 7) is 5.54. The summed E-state index contributed by atoms with van der Waals surface area (Å²) in [7, 11) is 0. The summed E-state index contributed by atoms with van der Waals surface area (Å²) in [6.07, 6.45) is 6.57. The highest BCUT2D eigenvalue weighted by molar-refractivity contribution is 5.73. The van der Waals surface area contributed by atoms with Gasteiger partial charge in [0.05, 0.1) is 28.1 Å². The number of pyridine rings is 1. The van der Waals surface area contributed by atoms with Gasteiger partial charge in [-0.3, -0.25) is 4.79 Å². The van der Waals surface area contributed by atoms with Crippen molar-refractivity contribution in [2.45, 2.75) is 6.92 Å². The van der Waals surface area contributed by atoms with Gasteiger partial charge in [-0.1, -0.05) is 12.7 Å². The van der Waals surface area contributed by atoms with Gasteiger partial charge >= 0.3 is 5.82 Å². The molecule has 3 aromatic heterocycles. The fourth-order valence-electron chi connectivity index (χ4n) is 2.37. The van der Waals surface area contributed by atoms with Crippen molar-refractivity contribution in [1.82, 2.24) is 24.6 Å². The monoisotopic (exact) mass is 338 g/mol. The molecule has 126 valence electrons. The number of aromatic amines is 2. The minimum atomic E-state index is -0.662. The van der Waals surface area contributed by atoms with E-state index in [1.807, 2.05) is 6.92 Å². The van der Waals surface area contributed by atoms with Crippen LogP contribution in [0.15, 0.2) is 41.8 Å². The molecular formula is C16H14N6O3. The SMILES string of the molecule is C=Cc1[nH]c(=O)c2cc([N+](=O)[O-])nn2c2ncccc2[nH]c1/C=C\C. The first-order valence-corrected chi connectivity index (χ1v) is 7.32. The Morgan fingerprint density at radius 2 is 2.16 bits per heavy atom. The number of H-pyrrole nitrogens is 2. The maximum Gasteiger partial charge on any atom is 0.391 e. The number of hydrogen-bond donors (Lipinski definition) is 2. The van der Waals surface area contributed by atoms with Gasteiger partial charge in [-0.2, -0.15) is 0 Å². The molecule has 0 amide bonds. The average Bonchev–Trinajstić information content (AvgIpc) is 3.05. The van der Waals surface area contributed by atoms with E-state index in [1.54, 1.807) is 24.3 Å². The van der Waals surface area contributed by atoms with E-state index in [1.165, 1.54) is 12.3 Å². The molecule has 3 rings (SSSR count). The van der Waals surface area contributed by atoms with Gasteiger partial charge in [-0.05, 0) is 36.1 Å². The number of nitro groups is 1. The van der Waals surface area contributed by atoms with Crippen LogP contribution in [0.3, 0.4) is 0 Å². The molecule has 0 aliphatic heterocycles. The molecule has 0 spiro atoms. The van der Waals surface area contributed by atoms with Gasteiger partial charge in [0.25, 0.3) is 5.56 Å². The molecular weight excluding hydrogens is 324 g/mol. The van der Waals surface area contributed by atoms with Gasteiger partial charge in [-0.15, -0.1) is 4.52 Å². The molecule has 2 N–H and O–H groups in total. The van der Waals surface area contributed by atoms with Crippen LogP contribution in [0.1, 0.15) is 18.3 Å². The van der Waals surface area contributed by atoms with E-state index in [4.69, 9.17) is 0 Å². The number of fused-ring (bicyclic) bond motifs is 3. The normalized spacial score (nSPS) is 11.1. The fourth-order valence-corrected chi connectivity index (χ4v) is 2.37. The Morgan fingerprint density at radius 3 is 2.84 bits per heavy atom. The predicted octanol–water partition coefficient (Wildman–Crippen LogP) is 2.61. The second kappa shape index (κ2) is 6.40. The molecule has 9 nitrogen and oxygen atoms in total. The zero-order chi connectivity index (χ0) is 18.0. The van der Waals surface area contributed by atoms with Gasteiger partial charge in [-0.25, -0.2) is 4.98 Å². The molecule has 0 unspecified atom stereocenters. The molecule has 0 bridgehead atoms. The Balaban J connectivity index is 2.67. The van der Waals surface area contributed by atoms with E-state index in [2.05, 4.69) is 26.6 Å². The quantitative estimate of drug-likeness (QED) is 0.561. The van der Waals surface area contributed by atoms with Crippen molar-refractivity contribution in [1.29, 1.82) is 0 Å². The molecule has 25 heavy (non-hydrogen) atoms. The summed E-state index contributed by atoms with van der Waals surface area (Å²) < 4.78 is 1.15. The van der Waals surface area contributed by atoms with Crippen LogP contribution in [-0.2, 0) is 0 Å². The number of hydrogen-bond acceptors (Lipinski definition) is 5. The number of allylic oxidation sites excluding steroid dienone is 1. The highest BCUT2D eigenvalue weighted by Crippen LogP contribution is 2.14. The molecule has 3 aromatic rings. The molecule has 0 fully saturated rings. The van der Waals surface area contributed by atoms with Crippen molar-refractivity contribution in [3.8, 4) is 0 Å². The molecule has 0 radical (unpaired) electrons. The van der Waals surface area contributed by atoms with Crippen LogP contribution in [0.25, 0.3) is 28.8 Å². The lowest BCUT2D eigenvalue weighted by atomic mass is 10.3. The Kier molecular flexibility index (Phi) is 4.12. The topological polar surface area (TPSA) is 122 Å². The highest BCUT2D eigenvalue weighted by Gasteiger charge is 2.17. The lowest BCUT2D eigenvalue weighted by Gasteiger charge is -1.98. The number of rotatable bonds is 3. The molecule has 9 heteroatoms. The third-order valence-corrected chi connectivity index (χ3v) is 3.45. The smallest absolute Gasteiger partial charge is 0.358 e. The van der Waals surface area contributed by atoms with Crippen LogP contribution in [0, 0.1) is 10.1 Å². The maximum absolute atomic E-state index is 12.6. The van der Waals surface area contributed by atoms with E-state index >= 15 is 0 Å². The summed E-state index contributed by atoms with van der Waals surface area (Å²) >= 11 is 0. The van der Waals surface area contributed by atoms with Crippen LogP contribution in [-0.4, -0.2) is 29.5 Å². The number of aromatic nitrogens is 5. The molecule has 3 heterocycles. The Morgan fingerprint density at radius 1 is 1.36 bits per heavy atom. The molecule has 0 saturated carbocycles. The van der Waals surface area contributed by atoms with Crippen LogP contribution in [0.4, 0.5) is 5.82 Å². The van der Waals surface area contributed by atoms with Crippen molar-refractivity contribution in [2.75, 3.05) is 0 Å². The predicted molar refractivity (Wildman–Crippen MR) is 94.5 cm³/mol. The van der Waals surface area contributed by atoms with Crippen molar-refractivity contribution in [3.05, 3.63) is 68.9 Å². The fraction of sp³-hybridized carbons (Fsp3) is 0.0625. The number of nitrogens with zero attached hydrogens (tertiary/aromatic N) is 4. The third kappa shape index (κ3) is 2.90. The van der Waals surface area contributed by atoms with Gasteiger partial charge < -0.3 is 20.1 Å². The Hall–Kier alpha value is -3.75. The zero-order valence-corrected chi connectivity index (χ0v) is 13.3. The summed E-state index contributed by atoms with van der Waals surface area (Å²) in [5.74, 6) is -0.444. The summed E-state index contributed by atoms with van der Waals surface area (Å²) in [5.41, 5.74) is 1.27. The molecule has 0 aliphatic rings. The van der Waals surface area contributed by atoms with Crippen LogP contribution < -0.4 is 5.56 Å². The van der Waals surface area contributed by atoms with E-state index in [9.17, 15) is 14.9 Å². The first-order valence-electron chi connectivity index (χ1n) is 7.32. The minimum Gasteiger partial charge on any atom is -0.358 e. The van der Waals surface area contributed by atoms with E-state index < -0.39 is 16.3 Å². The van der Waals surface area contributed by atoms with Crippen molar-refractivity contribution in [3.63, 3.8) is 0 Å². The van der Waals surface area contributed by atoms with Crippen molar-refractivity contribution < 1.29 is 4.92 Å². The molecule has 0 aliphatic carbocycles. The Bertz CT molecular complexity index is 1130. The number of nitrogens with one attached hydrogen (secondary N) is 2. The summed E-state index contributed by atoms with van der Waals surface area (Å²) in [4.78, 5) is 33.1. The van der Waals surface area contributed by atoms with Gasteiger partial charge in [0.15, 0.2) is 5.52 Å². The Labute approximate surface area is 140 Å². The highest BCUT2D eigenvalue weighted by atomic mass is 16.6. The van der Waals surface area contributed by atoms with Crippen molar-refractivity contribution >= 4 is 34.7 Å². The summed E-state index contributed by atoms with van der Waals surface area (Å²) in [5, 5.41) is 15.0. The average molecular weight is 338 g/mol. The molecule has 0 aromatic carbocycles. The summed E-state index contributed by atoms with van der Waals surface area (Å²) in [6, 6.07) is 4.55. The lowest BCUT2D eigenvalue weighted by molar-refractivity contribution is -0.389. The molecule has 0 saturated heterocycles. The minimum absolute atomic E-state index is 0.00507. The van der Waals surface area contributed by atoms with E-state index in [0.717, 1.165) is 10.6 Å². The van der Waals surface area contributed by atoms with Gasteiger partial charge in [0.1, 0.15) is 0 Å². The first-order chi connectivity index (χ1) is 12.0. The standard InChI is InChI=1S/C16H14N6O3/c1-3-6-11-10(4-2)19-16(23)13-9-14(22(24)25)20-21(13)15-12(18-11)7-5-8-17-15/h3-9,18H,2H2,1H3,(H,19,23)/b6-3-,11-10?. The molecule has 0 atom stereocenters. The largest absolute Gasteiger partial charge is 0.391 e. The van der Waals surface area contributed by atoms with Crippen molar-refractivity contribution in [2.24, 2.45) is 0 Å². The van der Waals surface area contributed by atoms with E-state index in [-0.39, 0.29) is 11.2 Å². The van der Waals surface area contributed by atoms with Crippen LogP contribution in [0.2, 0.25) is 0 Å². The van der Waals surface area contributed by atoms with Crippen LogP contribution in [0.5, 0.6) is 0 Å². The first kappa shape index (κ1) is 16.1. The van der Waals surface area contributed by atoms with Gasteiger partial charge in [0, 0.05) is 6.20 Å². The van der Waals surface area contributed by atoms with Gasteiger partial charge in [0.2, 0.25) is 5.65 Å². The zero-order valence-electron chi connectivity index (χ0n) is 13.3.